The van der Waals surface area contributed by atoms with Crippen LogP contribution in [-0.2, 0) is 11.3 Å². The van der Waals surface area contributed by atoms with Crippen LogP contribution in [0.15, 0.2) is 29.5 Å². The van der Waals surface area contributed by atoms with Crippen molar-refractivity contribution in [3.05, 3.63) is 47.2 Å². The van der Waals surface area contributed by atoms with Crippen molar-refractivity contribution in [1.82, 2.24) is 14.9 Å². The van der Waals surface area contributed by atoms with Gasteiger partial charge in [-0.25, -0.2) is 14.4 Å². The molecule has 29 heavy (non-hydrogen) atoms. The van der Waals surface area contributed by atoms with Gasteiger partial charge in [0.05, 0.1) is 30.6 Å². The van der Waals surface area contributed by atoms with Crippen LogP contribution in [0.5, 0.6) is 5.75 Å². The van der Waals surface area contributed by atoms with Crippen molar-refractivity contribution in [2.45, 2.75) is 33.4 Å². The fraction of sp³-hybridized carbons (Fsp3) is 0.429. The number of carbonyl (C=O) groups is 1. The van der Waals surface area contributed by atoms with E-state index in [-0.39, 0.29) is 23.6 Å². The smallest absolute Gasteiger partial charge is 0.242 e. The molecule has 1 fully saturated rings. The third-order valence-electron chi connectivity index (χ3n) is 5.10. The van der Waals surface area contributed by atoms with Crippen LogP contribution in [0.2, 0.25) is 0 Å². The lowest BCUT2D eigenvalue weighted by molar-refractivity contribution is -0.130. The molecule has 0 saturated carbocycles. The topological polar surface area (TPSA) is 70.9 Å². The Morgan fingerprint density at radius 2 is 2.03 bits per heavy atom. The van der Waals surface area contributed by atoms with Gasteiger partial charge in [0.15, 0.2) is 11.6 Å². The number of likely N-dealkylation sites (N-methyl/N-ethyl adjacent to an activating group) is 1. The lowest BCUT2D eigenvalue weighted by Crippen LogP contribution is -2.50. The van der Waals surface area contributed by atoms with E-state index in [9.17, 15) is 9.18 Å². The number of aromatic nitrogens is 2. The Balaban J connectivity index is 1.62. The first kappa shape index (κ1) is 19.3. The summed E-state index contributed by atoms with van der Waals surface area (Å²) in [5, 5.41) is 0. The van der Waals surface area contributed by atoms with E-state index in [1.165, 1.54) is 12.4 Å². The molecule has 4 rings (SSSR count). The van der Waals surface area contributed by atoms with Crippen molar-refractivity contribution < 1.29 is 13.9 Å². The molecular weight excluding hydrogens is 373 g/mol. The predicted octanol–water partition coefficient (Wildman–Crippen LogP) is 2.42. The van der Waals surface area contributed by atoms with Crippen LogP contribution in [0.25, 0.3) is 0 Å². The average Bonchev–Trinajstić information content (AvgIpc) is 3.10. The highest BCUT2D eigenvalue weighted by atomic mass is 19.1. The number of fused-ring (bicyclic) bond motifs is 1. The van der Waals surface area contributed by atoms with Crippen molar-refractivity contribution in [3.8, 4) is 5.75 Å². The Morgan fingerprint density at radius 3 is 2.76 bits per heavy atom. The molecule has 2 aromatic rings. The zero-order valence-electron chi connectivity index (χ0n) is 16.9. The summed E-state index contributed by atoms with van der Waals surface area (Å²) < 4.78 is 19.9. The fourth-order valence-corrected chi connectivity index (χ4v) is 3.65. The monoisotopic (exact) mass is 397 g/mol. The van der Waals surface area contributed by atoms with Crippen LogP contribution in [0, 0.1) is 5.82 Å². The number of anilines is 1. The van der Waals surface area contributed by atoms with Crippen molar-refractivity contribution >= 4 is 17.4 Å². The maximum atomic E-state index is 14.3. The van der Waals surface area contributed by atoms with Crippen LogP contribution in [-0.4, -0.2) is 58.8 Å². The molecule has 0 unspecified atom stereocenters. The van der Waals surface area contributed by atoms with Crippen LogP contribution in [0.1, 0.15) is 37.6 Å². The molecular formula is C21H24FN5O2. The Bertz CT molecular complexity index is 976. The zero-order chi connectivity index (χ0) is 20.5. The number of ether oxygens (including phenoxy) is 1. The highest BCUT2D eigenvalue weighted by molar-refractivity contribution is 6.14. The van der Waals surface area contributed by atoms with Crippen molar-refractivity contribution in [1.29, 1.82) is 0 Å². The first-order chi connectivity index (χ1) is 14.0. The molecule has 1 aromatic carbocycles. The molecule has 0 aliphatic carbocycles. The molecule has 1 aromatic heterocycles. The molecule has 2 aliphatic rings. The van der Waals surface area contributed by atoms with Gasteiger partial charge in [0.1, 0.15) is 12.1 Å². The Morgan fingerprint density at radius 1 is 1.21 bits per heavy atom. The van der Waals surface area contributed by atoms with Gasteiger partial charge in [-0.3, -0.25) is 9.79 Å². The minimum absolute atomic E-state index is 0.0911. The lowest BCUT2D eigenvalue weighted by atomic mass is 10.0. The van der Waals surface area contributed by atoms with E-state index >= 15 is 0 Å². The summed E-state index contributed by atoms with van der Waals surface area (Å²) in [7, 11) is 0. The molecule has 0 bridgehead atoms. The van der Waals surface area contributed by atoms with Crippen LogP contribution in [0.3, 0.4) is 0 Å². The van der Waals surface area contributed by atoms with Gasteiger partial charge in [-0.05, 0) is 38.5 Å². The molecule has 1 saturated heterocycles. The summed E-state index contributed by atoms with van der Waals surface area (Å²) in [4.78, 5) is 29.3. The first-order valence-corrected chi connectivity index (χ1v) is 9.85. The molecule has 8 heteroatoms. The first-order valence-electron chi connectivity index (χ1n) is 9.85. The van der Waals surface area contributed by atoms with Crippen LogP contribution < -0.4 is 9.64 Å². The normalized spacial score (nSPS) is 16.3. The second-order valence-electron chi connectivity index (χ2n) is 7.43. The van der Waals surface area contributed by atoms with Gasteiger partial charge in [0.2, 0.25) is 5.91 Å². The number of hydrogen-bond acceptors (Lipinski definition) is 6. The number of nitrogens with zero attached hydrogens (tertiary/aromatic N) is 5. The SMILES string of the molecule is CCN1CCN(c2cc(C3=NCc4cc(F)c(OC(C)C)cc43)ncn2)CC1=O. The molecule has 1 amide bonds. The van der Waals surface area contributed by atoms with Gasteiger partial charge in [0.25, 0.3) is 0 Å². The largest absolute Gasteiger partial charge is 0.488 e. The summed E-state index contributed by atoms with van der Waals surface area (Å²) in [6.45, 7) is 8.50. The fourth-order valence-electron chi connectivity index (χ4n) is 3.65. The highest BCUT2D eigenvalue weighted by Gasteiger charge is 2.26. The Labute approximate surface area is 169 Å². The number of amides is 1. The lowest BCUT2D eigenvalue weighted by Gasteiger charge is -2.34. The van der Waals surface area contributed by atoms with E-state index in [0.29, 0.717) is 43.4 Å². The maximum absolute atomic E-state index is 14.3. The summed E-state index contributed by atoms with van der Waals surface area (Å²) in [5.74, 6) is 0.609. The Kier molecular flexibility index (Phi) is 5.17. The number of carbonyl (C=O) groups excluding carboxylic acids is 1. The number of hydrogen-bond donors (Lipinski definition) is 0. The third kappa shape index (κ3) is 3.79. The molecule has 0 atom stereocenters. The zero-order valence-corrected chi connectivity index (χ0v) is 16.9. The number of benzene rings is 1. The molecule has 2 aliphatic heterocycles. The van der Waals surface area contributed by atoms with Gasteiger partial charge in [-0.2, -0.15) is 0 Å². The molecule has 7 nitrogen and oxygen atoms in total. The second-order valence-corrected chi connectivity index (χ2v) is 7.43. The van der Waals surface area contributed by atoms with E-state index in [1.807, 2.05) is 36.6 Å². The van der Waals surface area contributed by atoms with Gasteiger partial charge >= 0.3 is 0 Å². The molecule has 0 N–H and O–H groups in total. The van der Waals surface area contributed by atoms with Crippen LogP contribution in [0.4, 0.5) is 10.2 Å². The van der Waals surface area contributed by atoms with Crippen molar-refractivity contribution in [2.24, 2.45) is 4.99 Å². The van der Waals surface area contributed by atoms with E-state index in [1.54, 1.807) is 6.07 Å². The van der Waals surface area contributed by atoms with Gasteiger partial charge < -0.3 is 14.5 Å². The molecule has 152 valence electrons. The third-order valence-corrected chi connectivity index (χ3v) is 5.10. The van der Waals surface area contributed by atoms with Crippen molar-refractivity contribution in [2.75, 3.05) is 31.1 Å². The Hall–Kier alpha value is -3.03. The quantitative estimate of drug-likeness (QED) is 0.775. The number of halogens is 1. The van der Waals surface area contributed by atoms with E-state index < -0.39 is 0 Å². The minimum atomic E-state index is -0.385. The molecule has 3 heterocycles. The molecule has 0 radical (unpaired) electrons. The number of aliphatic imine (C=N–C) groups is 1. The highest BCUT2D eigenvalue weighted by Crippen LogP contribution is 2.30. The summed E-state index contributed by atoms with van der Waals surface area (Å²) in [6.07, 6.45) is 1.35. The van der Waals surface area contributed by atoms with Gasteiger partial charge in [-0.15, -0.1) is 0 Å². The van der Waals surface area contributed by atoms with E-state index in [0.717, 1.165) is 17.7 Å². The number of piperazine rings is 1. The molecule has 0 spiro atoms. The standard InChI is InChI=1S/C21H24FN5O2/c1-4-26-5-6-27(11-20(26)28)19-9-17(24-12-25-19)21-15-8-18(29-13(2)3)16(22)7-14(15)10-23-21/h7-9,12-13H,4-6,10-11H2,1-3H3. The van der Waals surface area contributed by atoms with Gasteiger partial charge in [0, 0.05) is 31.3 Å². The minimum Gasteiger partial charge on any atom is -0.488 e. The van der Waals surface area contributed by atoms with Crippen LogP contribution >= 0.6 is 0 Å². The summed E-state index contributed by atoms with van der Waals surface area (Å²) >= 11 is 0. The number of rotatable bonds is 5. The second kappa shape index (κ2) is 7.77. The van der Waals surface area contributed by atoms with Gasteiger partial charge in [-0.1, -0.05) is 0 Å². The van der Waals surface area contributed by atoms with Crippen molar-refractivity contribution in [3.63, 3.8) is 0 Å². The van der Waals surface area contributed by atoms with E-state index in [4.69, 9.17) is 4.74 Å². The summed E-state index contributed by atoms with van der Waals surface area (Å²) in [5.41, 5.74) is 2.97. The average molecular weight is 397 g/mol. The predicted molar refractivity (Wildman–Crippen MR) is 108 cm³/mol. The maximum Gasteiger partial charge on any atom is 0.242 e. The van der Waals surface area contributed by atoms with E-state index in [2.05, 4.69) is 15.0 Å². The summed E-state index contributed by atoms with van der Waals surface area (Å²) in [6, 6.07) is 5.02.